The molecule has 0 radical (unpaired) electrons. The Morgan fingerprint density at radius 3 is 2.81 bits per heavy atom. The number of carbonyl (C=O) groups excluding carboxylic acids is 1. The van der Waals surface area contributed by atoms with E-state index in [9.17, 15) is 19.7 Å². The van der Waals surface area contributed by atoms with Crippen molar-refractivity contribution in [2.45, 2.75) is 12.5 Å². The fourth-order valence-electron chi connectivity index (χ4n) is 1.43. The summed E-state index contributed by atoms with van der Waals surface area (Å²) in [4.78, 5) is 36.5. The quantitative estimate of drug-likeness (QED) is 0.441. The highest BCUT2D eigenvalue weighted by Gasteiger charge is 2.23. The van der Waals surface area contributed by atoms with Gasteiger partial charge in [-0.3, -0.25) is 14.9 Å². The first-order valence-corrected chi connectivity index (χ1v) is 7.46. The molecule has 0 aromatic carbocycles. The first-order chi connectivity index (χ1) is 9.86. The normalized spacial score (nSPS) is 11.7. The molecule has 0 fully saturated rings. The van der Waals surface area contributed by atoms with Crippen LogP contribution >= 0.6 is 23.4 Å². The molecular formula is C11H12ClN3O5S. The predicted octanol–water partition coefficient (Wildman–Crippen LogP) is 1.58. The molecule has 0 aliphatic heterocycles. The molecule has 0 spiro atoms. The van der Waals surface area contributed by atoms with Crippen LogP contribution in [0.2, 0.25) is 5.15 Å². The Labute approximate surface area is 129 Å². The van der Waals surface area contributed by atoms with Gasteiger partial charge in [0.2, 0.25) is 0 Å². The maximum Gasteiger partial charge on any atom is 0.326 e. The van der Waals surface area contributed by atoms with Gasteiger partial charge in [-0.05, 0) is 18.4 Å². The summed E-state index contributed by atoms with van der Waals surface area (Å²) < 4.78 is 0. The Morgan fingerprint density at radius 1 is 1.62 bits per heavy atom. The molecule has 1 aromatic rings. The molecule has 1 atom stereocenters. The van der Waals surface area contributed by atoms with Gasteiger partial charge in [0.1, 0.15) is 17.4 Å². The van der Waals surface area contributed by atoms with E-state index in [0.29, 0.717) is 5.75 Å². The van der Waals surface area contributed by atoms with Crippen molar-refractivity contribution in [3.63, 3.8) is 0 Å². The number of rotatable bonds is 7. The van der Waals surface area contributed by atoms with Crippen LogP contribution in [-0.4, -0.2) is 44.9 Å². The van der Waals surface area contributed by atoms with Crippen LogP contribution in [0.25, 0.3) is 0 Å². The van der Waals surface area contributed by atoms with Crippen LogP contribution < -0.4 is 5.32 Å². The molecule has 1 amide bonds. The maximum atomic E-state index is 12.0. The van der Waals surface area contributed by atoms with Crippen LogP contribution in [-0.2, 0) is 4.79 Å². The largest absolute Gasteiger partial charge is 0.480 e. The topological polar surface area (TPSA) is 122 Å². The zero-order chi connectivity index (χ0) is 16.0. The molecule has 1 aromatic heterocycles. The average molecular weight is 334 g/mol. The highest BCUT2D eigenvalue weighted by molar-refractivity contribution is 7.98. The number of pyridine rings is 1. The fraction of sp³-hybridized carbons (Fsp3) is 0.364. The molecule has 1 unspecified atom stereocenters. The van der Waals surface area contributed by atoms with Crippen LogP contribution in [0.4, 0.5) is 5.69 Å². The number of thioether (sulfide) groups is 1. The molecule has 0 saturated heterocycles. The molecule has 1 rings (SSSR count). The van der Waals surface area contributed by atoms with Crippen LogP contribution in [0.15, 0.2) is 12.3 Å². The van der Waals surface area contributed by atoms with E-state index in [1.807, 2.05) is 6.26 Å². The van der Waals surface area contributed by atoms with Gasteiger partial charge in [-0.2, -0.15) is 11.8 Å². The van der Waals surface area contributed by atoms with E-state index < -0.39 is 28.5 Å². The van der Waals surface area contributed by atoms with E-state index in [4.69, 9.17) is 16.7 Å². The predicted molar refractivity (Wildman–Crippen MR) is 77.8 cm³/mol. The molecule has 0 aliphatic rings. The number of hydrogen-bond donors (Lipinski definition) is 2. The van der Waals surface area contributed by atoms with Crippen molar-refractivity contribution in [2.24, 2.45) is 0 Å². The first kappa shape index (κ1) is 17.2. The second kappa shape index (κ2) is 7.79. The number of carbonyl (C=O) groups is 2. The van der Waals surface area contributed by atoms with Crippen molar-refractivity contribution in [3.8, 4) is 0 Å². The van der Waals surface area contributed by atoms with Gasteiger partial charge in [0.05, 0.1) is 10.5 Å². The molecule has 1 heterocycles. The SMILES string of the molecule is CSCCC(NC(=O)c1cc([N+](=O)[O-])cnc1Cl)C(=O)O. The third-order valence-corrected chi connectivity index (χ3v) is 3.44. The number of aromatic nitrogens is 1. The minimum atomic E-state index is -1.19. The Bertz CT molecular complexity index is 569. The van der Waals surface area contributed by atoms with E-state index in [1.54, 1.807) is 0 Å². The highest BCUT2D eigenvalue weighted by Crippen LogP contribution is 2.19. The molecule has 2 N–H and O–H groups in total. The lowest BCUT2D eigenvalue weighted by molar-refractivity contribution is -0.385. The van der Waals surface area contributed by atoms with Gasteiger partial charge in [0.25, 0.3) is 11.6 Å². The second-order valence-electron chi connectivity index (χ2n) is 3.93. The first-order valence-electron chi connectivity index (χ1n) is 5.69. The van der Waals surface area contributed by atoms with Crippen LogP contribution in [0, 0.1) is 10.1 Å². The van der Waals surface area contributed by atoms with E-state index in [1.165, 1.54) is 11.8 Å². The number of halogens is 1. The van der Waals surface area contributed by atoms with Crippen LogP contribution in [0.1, 0.15) is 16.8 Å². The third kappa shape index (κ3) is 4.87. The lowest BCUT2D eigenvalue weighted by Crippen LogP contribution is -2.41. The number of nitro groups is 1. The van der Waals surface area contributed by atoms with Gasteiger partial charge in [-0.1, -0.05) is 11.6 Å². The maximum absolute atomic E-state index is 12.0. The summed E-state index contributed by atoms with van der Waals surface area (Å²) >= 11 is 7.15. The minimum Gasteiger partial charge on any atom is -0.480 e. The Kier molecular flexibility index (Phi) is 6.38. The van der Waals surface area contributed by atoms with E-state index in [2.05, 4.69) is 10.3 Å². The number of nitrogens with one attached hydrogen (secondary N) is 1. The molecular weight excluding hydrogens is 322 g/mol. The lowest BCUT2D eigenvalue weighted by Gasteiger charge is -2.14. The number of carboxylic acid groups (broad SMARTS) is 1. The standard InChI is InChI=1S/C11H12ClN3O5S/c1-21-3-2-8(11(17)18)14-10(16)7-4-6(15(19)20)5-13-9(7)12/h4-5,8H,2-3H2,1H3,(H,14,16)(H,17,18). The molecule has 21 heavy (non-hydrogen) atoms. The van der Waals surface area contributed by atoms with Crippen molar-refractivity contribution in [3.05, 3.63) is 33.1 Å². The Morgan fingerprint density at radius 2 is 2.29 bits per heavy atom. The second-order valence-corrected chi connectivity index (χ2v) is 5.28. The van der Waals surface area contributed by atoms with Crippen molar-refractivity contribution in [1.82, 2.24) is 10.3 Å². The summed E-state index contributed by atoms with van der Waals surface area (Å²) in [7, 11) is 0. The number of nitrogens with zero attached hydrogens (tertiary/aromatic N) is 2. The number of carboxylic acids is 1. The van der Waals surface area contributed by atoms with Crippen LogP contribution in [0.3, 0.4) is 0 Å². The minimum absolute atomic E-state index is 0.224. The molecule has 0 aliphatic carbocycles. The molecule has 8 nitrogen and oxygen atoms in total. The number of amides is 1. The number of hydrogen-bond acceptors (Lipinski definition) is 6. The van der Waals surface area contributed by atoms with E-state index in [-0.39, 0.29) is 17.1 Å². The van der Waals surface area contributed by atoms with E-state index in [0.717, 1.165) is 12.3 Å². The third-order valence-electron chi connectivity index (χ3n) is 2.49. The monoisotopic (exact) mass is 333 g/mol. The summed E-state index contributed by atoms with van der Waals surface area (Å²) in [5.41, 5.74) is -0.637. The molecule has 0 bridgehead atoms. The summed E-state index contributed by atoms with van der Waals surface area (Å²) in [5, 5.41) is 21.7. The summed E-state index contributed by atoms with van der Waals surface area (Å²) in [6.45, 7) is 0. The van der Waals surface area contributed by atoms with Gasteiger partial charge in [0.15, 0.2) is 0 Å². The summed E-state index contributed by atoms with van der Waals surface area (Å²) in [5.74, 6) is -1.46. The molecule has 10 heteroatoms. The summed E-state index contributed by atoms with van der Waals surface area (Å²) in [6, 6.07) is -0.140. The van der Waals surface area contributed by atoms with Gasteiger partial charge in [-0.25, -0.2) is 9.78 Å². The van der Waals surface area contributed by atoms with Crippen molar-refractivity contribution in [2.75, 3.05) is 12.0 Å². The summed E-state index contributed by atoms with van der Waals surface area (Å²) in [6.07, 6.45) is 2.95. The zero-order valence-corrected chi connectivity index (χ0v) is 12.5. The van der Waals surface area contributed by atoms with Gasteiger partial charge in [-0.15, -0.1) is 0 Å². The fourth-order valence-corrected chi connectivity index (χ4v) is 2.09. The molecule has 0 saturated carbocycles. The van der Waals surface area contributed by atoms with Gasteiger partial charge in [0, 0.05) is 6.07 Å². The average Bonchev–Trinajstić information content (AvgIpc) is 2.42. The highest BCUT2D eigenvalue weighted by atomic mass is 35.5. The van der Waals surface area contributed by atoms with Crippen molar-refractivity contribution in [1.29, 1.82) is 0 Å². The molecule has 114 valence electrons. The van der Waals surface area contributed by atoms with Crippen molar-refractivity contribution < 1.29 is 19.6 Å². The smallest absolute Gasteiger partial charge is 0.326 e. The van der Waals surface area contributed by atoms with Crippen molar-refractivity contribution >= 4 is 40.9 Å². The Balaban J connectivity index is 2.94. The number of aliphatic carboxylic acids is 1. The Hall–Kier alpha value is -1.87. The zero-order valence-electron chi connectivity index (χ0n) is 10.9. The van der Waals surface area contributed by atoms with Gasteiger partial charge < -0.3 is 10.4 Å². The van der Waals surface area contributed by atoms with Gasteiger partial charge >= 0.3 is 5.97 Å². The van der Waals surface area contributed by atoms with Crippen LogP contribution in [0.5, 0.6) is 0 Å². The lowest BCUT2D eigenvalue weighted by atomic mass is 10.2. The van der Waals surface area contributed by atoms with E-state index >= 15 is 0 Å².